The van der Waals surface area contributed by atoms with E-state index in [0.717, 1.165) is 0 Å². The number of ether oxygens (including phenoxy) is 1. The molecule has 0 amide bonds. The van der Waals surface area contributed by atoms with Crippen molar-refractivity contribution < 1.29 is 9.13 Å². The molecule has 1 aromatic carbocycles. The van der Waals surface area contributed by atoms with E-state index in [0.29, 0.717) is 9.99 Å². The Hall–Kier alpha value is -1.23. The molecule has 0 N–H and O–H groups in total. The maximum Gasteiger partial charge on any atom is 0.193 e. The summed E-state index contributed by atoms with van der Waals surface area (Å²) in [6.07, 6.45) is 2.96. The summed E-state index contributed by atoms with van der Waals surface area (Å²) < 4.78 is 19.1. The maximum absolute atomic E-state index is 13.7. The zero-order chi connectivity index (χ0) is 10.1. The number of fused-ring (bicyclic) bond motifs is 1. The van der Waals surface area contributed by atoms with Crippen LogP contribution in [0.25, 0.3) is 11.0 Å². The predicted molar refractivity (Wildman–Crippen MR) is 53.7 cm³/mol. The monoisotopic (exact) mass is 256 g/mol. The lowest BCUT2D eigenvalue weighted by Gasteiger charge is -2.06. The number of hydrogen-bond donors (Lipinski definition) is 0. The summed E-state index contributed by atoms with van der Waals surface area (Å²) in [7, 11) is 1.41. The second kappa shape index (κ2) is 3.49. The summed E-state index contributed by atoms with van der Waals surface area (Å²) in [5.41, 5.74) is 0.713. The van der Waals surface area contributed by atoms with Gasteiger partial charge in [0.2, 0.25) is 0 Å². The van der Waals surface area contributed by atoms with Gasteiger partial charge in [0.05, 0.1) is 17.1 Å². The van der Waals surface area contributed by atoms with Crippen molar-refractivity contribution >= 4 is 27.0 Å². The van der Waals surface area contributed by atoms with Crippen molar-refractivity contribution in [2.24, 2.45) is 0 Å². The summed E-state index contributed by atoms with van der Waals surface area (Å²) in [5, 5.41) is 0. The highest BCUT2D eigenvalue weighted by Gasteiger charge is 2.13. The van der Waals surface area contributed by atoms with Crippen LogP contribution in [0.4, 0.5) is 4.39 Å². The van der Waals surface area contributed by atoms with Crippen LogP contribution < -0.4 is 4.74 Å². The molecule has 1 aromatic heterocycles. The molecule has 14 heavy (non-hydrogen) atoms. The van der Waals surface area contributed by atoms with E-state index in [-0.39, 0.29) is 11.3 Å². The lowest BCUT2D eigenvalue weighted by molar-refractivity contribution is 0.386. The minimum atomic E-state index is -0.495. The second-order valence-electron chi connectivity index (χ2n) is 2.63. The average Bonchev–Trinajstić information content (AvgIpc) is 2.18. The van der Waals surface area contributed by atoms with Gasteiger partial charge in [-0.3, -0.25) is 4.98 Å². The molecular weight excluding hydrogens is 251 g/mol. The van der Waals surface area contributed by atoms with Crippen LogP contribution >= 0.6 is 15.9 Å². The summed E-state index contributed by atoms with van der Waals surface area (Å²) in [6.45, 7) is 0. The van der Waals surface area contributed by atoms with Crippen LogP contribution in [-0.2, 0) is 0 Å². The molecular formula is C9H6BrFN2O. The van der Waals surface area contributed by atoms with E-state index in [1.165, 1.54) is 19.5 Å². The fraction of sp³-hybridized carbons (Fsp3) is 0.111. The summed E-state index contributed by atoms with van der Waals surface area (Å²) in [5.74, 6) is -0.344. The quantitative estimate of drug-likeness (QED) is 0.787. The smallest absolute Gasteiger partial charge is 0.193 e. The van der Waals surface area contributed by atoms with Gasteiger partial charge in [0.15, 0.2) is 11.6 Å². The SMILES string of the molecule is COc1c(Br)cc2nccnc2c1F. The Morgan fingerprint density at radius 1 is 1.36 bits per heavy atom. The molecule has 0 bridgehead atoms. The Balaban J connectivity index is 2.86. The van der Waals surface area contributed by atoms with Crippen molar-refractivity contribution in [2.75, 3.05) is 7.11 Å². The van der Waals surface area contributed by atoms with Crippen LogP contribution in [0.5, 0.6) is 5.75 Å². The maximum atomic E-state index is 13.7. The summed E-state index contributed by atoms with van der Waals surface area (Å²) in [4.78, 5) is 7.88. The molecule has 0 saturated heterocycles. The van der Waals surface area contributed by atoms with E-state index in [1.807, 2.05) is 0 Å². The molecule has 72 valence electrons. The number of halogens is 2. The molecule has 2 aromatic rings. The molecule has 0 atom stereocenters. The zero-order valence-corrected chi connectivity index (χ0v) is 8.88. The van der Waals surface area contributed by atoms with Crippen molar-refractivity contribution in [1.29, 1.82) is 0 Å². The van der Waals surface area contributed by atoms with Crippen molar-refractivity contribution in [1.82, 2.24) is 9.97 Å². The van der Waals surface area contributed by atoms with Gasteiger partial charge in [0, 0.05) is 12.4 Å². The van der Waals surface area contributed by atoms with E-state index in [4.69, 9.17) is 4.74 Å². The summed E-state index contributed by atoms with van der Waals surface area (Å²) >= 11 is 3.20. The van der Waals surface area contributed by atoms with Crippen molar-refractivity contribution in [2.45, 2.75) is 0 Å². The van der Waals surface area contributed by atoms with Crippen LogP contribution in [0.2, 0.25) is 0 Å². The Kier molecular flexibility index (Phi) is 2.33. The number of methoxy groups -OCH3 is 1. The molecule has 2 rings (SSSR count). The number of benzene rings is 1. The van der Waals surface area contributed by atoms with Gasteiger partial charge in [0.1, 0.15) is 5.52 Å². The van der Waals surface area contributed by atoms with Gasteiger partial charge in [-0.25, -0.2) is 9.37 Å². The number of aromatic nitrogens is 2. The summed E-state index contributed by atoms with van der Waals surface area (Å²) in [6, 6.07) is 1.67. The van der Waals surface area contributed by atoms with Crippen molar-refractivity contribution in [3.63, 3.8) is 0 Å². The fourth-order valence-electron chi connectivity index (χ4n) is 1.21. The van der Waals surface area contributed by atoms with Crippen LogP contribution in [0.1, 0.15) is 0 Å². The minimum Gasteiger partial charge on any atom is -0.492 e. The number of hydrogen-bond acceptors (Lipinski definition) is 3. The normalized spacial score (nSPS) is 10.5. The van der Waals surface area contributed by atoms with E-state index < -0.39 is 5.82 Å². The van der Waals surface area contributed by atoms with Gasteiger partial charge >= 0.3 is 0 Å². The first-order valence-electron chi connectivity index (χ1n) is 3.86. The Labute approximate surface area is 88.1 Å². The predicted octanol–water partition coefficient (Wildman–Crippen LogP) is 2.54. The van der Waals surface area contributed by atoms with E-state index in [2.05, 4.69) is 25.9 Å². The standard InChI is InChI=1S/C9H6BrFN2O/c1-14-9-5(10)4-6-8(7(9)11)13-3-2-12-6/h2-4H,1H3. The zero-order valence-electron chi connectivity index (χ0n) is 7.29. The molecule has 0 aliphatic rings. The number of nitrogens with zero attached hydrogens (tertiary/aromatic N) is 2. The third-order valence-corrected chi connectivity index (χ3v) is 2.41. The van der Waals surface area contributed by atoms with Gasteiger partial charge in [-0.15, -0.1) is 0 Å². The molecule has 0 saturated carbocycles. The first-order chi connectivity index (χ1) is 6.74. The third-order valence-electron chi connectivity index (χ3n) is 1.82. The Bertz CT molecular complexity index is 489. The topological polar surface area (TPSA) is 35.0 Å². The lowest BCUT2D eigenvalue weighted by atomic mass is 10.2. The van der Waals surface area contributed by atoms with Crippen LogP contribution in [0.3, 0.4) is 0 Å². The minimum absolute atomic E-state index is 0.151. The van der Waals surface area contributed by atoms with E-state index in [9.17, 15) is 4.39 Å². The molecule has 3 nitrogen and oxygen atoms in total. The first kappa shape index (κ1) is 9.33. The molecule has 0 fully saturated rings. The number of rotatable bonds is 1. The molecule has 1 heterocycles. The van der Waals surface area contributed by atoms with Gasteiger partial charge in [-0.05, 0) is 22.0 Å². The molecule has 0 aliphatic heterocycles. The van der Waals surface area contributed by atoms with Crippen LogP contribution in [0, 0.1) is 5.82 Å². The van der Waals surface area contributed by atoms with Crippen LogP contribution in [-0.4, -0.2) is 17.1 Å². The van der Waals surface area contributed by atoms with Gasteiger partial charge < -0.3 is 4.74 Å². The highest BCUT2D eigenvalue weighted by atomic mass is 79.9. The van der Waals surface area contributed by atoms with Crippen molar-refractivity contribution in [3.8, 4) is 5.75 Å². The molecule has 0 unspecified atom stereocenters. The van der Waals surface area contributed by atoms with Crippen molar-refractivity contribution in [3.05, 3.63) is 28.7 Å². The van der Waals surface area contributed by atoms with Crippen LogP contribution in [0.15, 0.2) is 22.9 Å². The molecule has 0 spiro atoms. The van der Waals surface area contributed by atoms with Gasteiger partial charge in [0.25, 0.3) is 0 Å². The van der Waals surface area contributed by atoms with Gasteiger partial charge in [-0.1, -0.05) is 0 Å². The molecule has 5 heteroatoms. The van der Waals surface area contributed by atoms with E-state index in [1.54, 1.807) is 6.07 Å². The van der Waals surface area contributed by atoms with Gasteiger partial charge in [-0.2, -0.15) is 0 Å². The Morgan fingerprint density at radius 3 is 2.79 bits per heavy atom. The largest absolute Gasteiger partial charge is 0.492 e. The first-order valence-corrected chi connectivity index (χ1v) is 4.66. The average molecular weight is 257 g/mol. The highest BCUT2D eigenvalue weighted by Crippen LogP contribution is 2.32. The second-order valence-corrected chi connectivity index (χ2v) is 3.48. The molecule has 0 radical (unpaired) electrons. The Morgan fingerprint density at radius 2 is 2.07 bits per heavy atom. The fourth-order valence-corrected chi connectivity index (χ4v) is 1.76. The highest BCUT2D eigenvalue weighted by molar-refractivity contribution is 9.10. The molecule has 0 aliphatic carbocycles. The van der Waals surface area contributed by atoms with E-state index >= 15 is 0 Å². The lowest BCUT2D eigenvalue weighted by Crippen LogP contribution is -1.93. The third kappa shape index (κ3) is 1.33.